The van der Waals surface area contributed by atoms with Crippen molar-refractivity contribution in [3.8, 4) is 17.2 Å². The molecule has 9 nitrogen and oxygen atoms in total. The summed E-state index contributed by atoms with van der Waals surface area (Å²) in [5, 5.41) is 10.8. The van der Waals surface area contributed by atoms with Crippen molar-refractivity contribution in [1.82, 2.24) is 14.8 Å². The van der Waals surface area contributed by atoms with Gasteiger partial charge in [0.2, 0.25) is 0 Å². The molecule has 0 saturated carbocycles. The van der Waals surface area contributed by atoms with Crippen LogP contribution in [0.3, 0.4) is 0 Å². The molecule has 0 bridgehead atoms. The van der Waals surface area contributed by atoms with Crippen LogP contribution in [0.5, 0.6) is 5.75 Å². The average Bonchev–Trinajstić information content (AvgIpc) is 3.59. The third-order valence-corrected chi connectivity index (χ3v) is 5.83. The van der Waals surface area contributed by atoms with E-state index in [0.717, 1.165) is 0 Å². The number of methoxy groups -OCH3 is 1. The van der Waals surface area contributed by atoms with Crippen LogP contribution in [-0.4, -0.2) is 33.7 Å². The molecule has 2 amide bonds. The molecule has 0 aliphatic carbocycles. The van der Waals surface area contributed by atoms with Gasteiger partial charge < -0.3 is 19.8 Å². The summed E-state index contributed by atoms with van der Waals surface area (Å²) in [6, 6.07) is 19.1. The quantitative estimate of drug-likeness (QED) is 0.296. The fourth-order valence-corrected chi connectivity index (χ4v) is 3.98. The van der Waals surface area contributed by atoms with Crippen molar-refractivity contribution in [2.45, 2.75) is 19.9 Å². The van der Waals surface area contributed by atoms with Crippen molar-refractivity contribution in [3.05, 3.63) is 90.3 Å². The lowest BCUT2D eigenvalue weighted by atomic mass is 10.1. The Bertz CT molecular complexity index is 1570. The van der Waals surface area contributed by atoms with E-state index in [1.54, 1.807) is 78.8 Å². The number of anilines is 2. The average molecular weight is 496 g/mol. The van der Waals surface area contributed by atoms with Crippen LogP contribution in [0.2, 0.25) is 0 Å². The minimum Gasteiger partial charge on any atom is -0.495 e. The number of nitrogens with one attached hydrogen (secondary N) is 2. The van der Waals surface area contributed by atoms with E-state index in [9.17, 15) is 9.59 Å². The van der Waals surface area contributed by atoms with E-state index in [1.165, 1.54) is 0 Å². The summed E-state index contributed by atoms with van der Waals surface area (Å²) in [6.07, 6.45) is 3.21. The maximum absolute atomic E-state index is 13.4. The van der Waals surface area contributed by atoms with Crippen LogP contribution in [0.25, 0.3) is 22.5 Å². The van der Waals surface area contributed by atoms with E-state index in [0.29, 0.717) is 50.7 Å². The molecule has 0 unspecified atom stereocenters. The van der Waals surface area contributed by atoms with Gasteiger partial charge >= 0.3 is 0 Å². The number of nitrogens with zero attached hydrogens (tertiary/aromatic N) is 3. The van der Waals surface area contributed by atoms with Gasteiger partial charge in [-0.25, -0.2) is 9.67 Å². The van der Waals surface area contributed by atoms with E-state index < -0.39 is 0 Å². The molecule has 2 aromatic carbocycles. The zero-order chi connectivity index (χ0) is 25.9. The van der Waals surface area contributed by atoms with Gasteiger partial charge in [0.15, 0.2) is 11.4 Å². The first-order valence-electron chi connectivity index (χ1n) is 11.7. The SMILES string of the molecule is COc1ccccc1NC(=O)c1ccc(NC(=O)c2cc(-c3ccco3)nc3c2cnn3C(C)C)cc1. The molecule has 0 aliphatic heterocycles. The molecule has 5 rings (SSSR count). The van der Waals surface area contributed by atoms with Gasteiger partial charge in [0.1, 0.15) is 11.4 Å². The molecule has 0 atom stereocenters. The summed E-state index contributed by atoms with van der Waals surface area (Å²) in [4.78, 5) is 30.8. The highest BCUT2D eigenvalue weighted by atomic mass is 16.5. The number of carbonyl (C=O) groups excluding carboxylic acids is 2. The van der Waals surface area contributed by atoms with Gasteiger partial charge in [-0.2, -0.15) is 5.10 Å². The maximum atomic E-state index is 13.4. The van der Waals surface area contributed by atoms with Crippen molar-refractivity contribution in [1.29, 1.82) is 0 Å². The molecule has 0 spiro atoms. The number of rotatable bonds is 7. The van der Waals surface area contributed by atoms with Crippen LogP contribution < -0.4 is 15.4 Å². The number of hydrogen-bond donors (Lipinski definition) is 2. The molecule has 9 heteroatoms. The van der Waals surface area contributed by atoms with Gasteiger partial charge in [0.25, 0.3) is 11.8 Å². The lowest BCUT2D eigenvalue weighted by Crippen LogP contribution is -2.15. The molecular weight excluding hydrogens is 470 g/mol. The molecule has 0 aliphatic rings. The molecule has 5 aromatic rings. The molecule has 0 fully saturated rings. The highest BCUT2D eigenvalue weighted by Gasteiger charge is 2.20. The summed E-state index contributed by atoms with van der Waals surface area (Å²) >= 11 is 0. The Morgan fingerprint density at radius 3 is 2.46 bits per heavy atom. The topological polar surface area (TPSA) is 111 Å². The number of ether oxygens (including phenoxy) is 1. The third-order valence-electron chi connectivity index (χ3n) is 5.83. The minimum atomic E-state index is -0.324. The third kappa shape index (κ3) is 4.79. The van der Waals surface area contributed by atoms with Crippen molar-refractivity contribution < 1.29 is 18.7 Å². The first-order chi connectivity index (χ1) is 17.9. The molecule has 37 heavy (non-hydrogen) atoms. The number of carbonyl (C=O) groups is 2. The van der Waals surface area contributed by atoms with E-state index in [4.69, 9.17) is 14.1 Å². The summed E-state index contributed by atoms with van der Waals surface area (Å²) in [6.45, 7) is 4.00. The summed E-state index contributed by atoms with van der Waals surface area (Å²) in [5.74, 6) is 0.508. The van der Waals surface area contributed by atoms with Crippen LogP contribution in [0, 0.1) is 0 Å². The van der Waals surface area contributed by atoms with Gasteiger partial charge in [-0.1, -0.05) is 12.1 Å². The molecule has 3 aromatic heterocycles. The largest absolute Gasteiger partial charge is 0.495 e. The van der Waals surface area contributed by atoms with Crippen molar-refractivity contribution in [3.63, 3.8) is 0 Å². The van der Waals surface area contributed by atoms with Crippen molar-refractivity contribution >= 4 is 34.2 Å². The predicted molar refractivity (Wildman–Crippen MR) is 141 cm³/mol. The van der Waals surface area contributed by atoms with E-state index >= 15 is 0 Å². The molecule has 186 valence electrons. The van der Waals surface area contributed by atoms with Gasteiger partial charge in [0, 0.05) is 17.3 Å². The van der Waals surface area contributed by atoms with Crippen LogP contribution in [0.1, 0.15) is 40.6 Å². The Kier molecular flexibility index (Phi) is 6.42. The monoisotopic (exact) mass is 495 g/mol. The molecular formula is C28H25N5O4. The fraction of sp³-hybridized carbons (Fsp3) is 0.143. The number of aromatic nitrogens is 3. The number of amides is 2. The number of hydrogen-bond acceptors (Lipinski definition) is 6. The normalized spacial score (nSPS) is 11.0. The van der Waals surface area contributed by atoms with Gasteiger partial charge in [-0.3, -0.25) is 9.59 Å². The summed E-state index contributed by atoms with van der Waals surface area (Å²) < 4.78 is 12.6. The van der Waals surface area contributed by atoms with Crippen LogP contribution in [0.15, 0.2) is 83.6 Å². The maximum Gasteiger partial charge on any atom is 0.256 e. The second-order valence-corrected chi connectivity index (χ2v) is 8.64. The van der Waals surface area contributed by atoms with E-state index in [-0.39, 0.29) is 17.9 Å². The zero-order valence-electron chi connectivity index (χ0n) is 20.6. The van der Waals surface area contributed by atoms with E-state index in [2.05, 4.69) is 15.7 Å². The summed E-state index contributed by atoms with van der Waals surface area (Å²) in [7, 11) is 1.55. The zero-order valence-corrected chi connectivity index (χ0v) is 20.6. The highest BCUT2D eigenvalue weighted by Crippen LogP contribution is 2.28. The van der Waals surface area contributed by atoms with Gasteiger partial charge in [-0.05, 0) is 68.4 Å². The fourth-order valence-electron chi connectivity index (χ4n) is 3.98. The smallest absolute Gasteiger partial charge is 0.256 e. The number of para-hydroxylation sites is 2. The van der Waals surface area contributed by atoms with Gasteiger partial charge in [0.05, 0.1) is 36.2 Å². The number of furan rings is 1. The molecule has 0 radical (unpaired) electrons. The van der Waals surface area contributed by atoms with Gasteiger partial charge in [-0.15, -0.1) is 0 Å². The standard InChI is InChI=1S/C28H25N5O4/c1-17(2)33-26-21(16-29-33)20(15-23(31-26)25-9-6-14-37-25)28(35)30-19-12-10-18(11-13-19)27(34)32-22-7-4-5-8-24(22)36-3/h4-17H,1-3H3,(H,30,35)(H,32,34). The number of pyridine rings is 1. The van der Waals surface area contributed by atoms with E-state index in [1.807, 2.05) is 26.0 Å². The molecule has 3 heterocycles. The Labute approximate surface area is 213 Å². The lowest BCUT2D eigenvalue weighted by Gasteiger charge is -2.11. The predicted octanol–water partition coefficient (Wildman–Crippen LogP) is 5.79. The van der Waals surface area contributed by atoms with Crippen molar-refractivity contribution in [2.24, 2.45) is 0 Å². The van der Waals surface area contributed by atoms with Crippen LogP contribution >= 0.6 is 0 Å². The first-order valence-corrected chi connectivity index (χ1v) is 11.7. The lowest BCUT2D eigenvalue weighted by molar-refractivity contribution is 0.102. The molecule has 2 N–H and O–H groups in total. The second-order valence-electron chi connectivity index (χ2n) is 8.64. The Hall–Kier alpha value is -4.92. The summed E-state index contributed by atoms with van der Waals surface area (Å²) in [5.41, 5.74) is 3.10. The Morgan fingerprint density at radius 1 is 0.973 bits per heavy atom. The Morgan fingerprint density at radius 2 is 1.76 bits per heavy atom. The van der Waals surface area contributed by atoms with Crippen molar-refractivity contribution in [2.75, 3.05) is 17.7 Å². The second kappa shape index (κ2) is 9.98. The molecule has 0 saturated heterocycles. The minimum absolute atomic E-state index is 0.0577. The number of benzene rings is 2. The number of fused-ring (bicyclic) bond motifs is 1. The Balaban J connectivity index is 1.39. The first kappa shape index (κ1) is 23.8. The van der Waals surface area contributed by atoms with Crippen LogP contribution in [0.4, 0.5) is 11.4 Å². The van der Waals surface area contributed by atoms with Crippen LogP contribution in [-0.2, 0) is 0 Å². The highest BCUT2D eigenvalue weighted by molar-refractivity contribution is 6.13.